The van der Waals surface area contributed by atoms with Gasteiger partial charge in [0, 0.05) is 32.1 Å². The molecule has 0 unspecified atom stereocenters. The first-order chi connectivity index (χ1) is 8.67. The minimum atomic E-state index is 0.508. The van der Waals surface area contributed by atoms with E-state index in [-0.39, 0.29) is 0 Å². The molecular formula is C13H19N5. The number of nitrogens with one attached hydrogen (secondary N) is 1. The average molecular weight is 245 g/mol. The van der Waals surface area contributed by atoms with Crippen molar-refractivity contribution in [3.63, 3.8) is 0 Å². The van der Waals surface area contributed by atoms with Crippen LogP contribution in [0.4, 0.5) is 11.6 Å². The molecule has 1 heterocycles. The van der Waals surface area contributed by atoms with Gasteiger partial charge in [0.1, 0.15) is 17.5 Å². The van der Waals surface area contributed by atoms with Crippen LogP contribution >= 0.6 is 0 Å². The average Bonchev–Trinajstić information content (AvgIpc) is 3.20. The molecule has 1 fully saturated rings. The molecule has 1 N–H and O–H groups in total. The molecule has 96 valence electrons. The standard InChI is InChI=1S/C13H19N5/c1-9-11(15-2)16-12(10-5-6-10)17-13(9)18(3)8-4-7-14/h10H,4-6,8H2,1-3H3,(H,15,16,17). The summed E-state index contributed by atoms with van der Waals surface area (Å²) >= 11 is 0. The van der Waals surface area contributed by atoms with E-state index in [1.807, 2.05) is 25.9 Å². The maximum Gasteiger partial charge on any atom is 0.137 e. The monoisotopic (exact) mass is 245 g/mol. The Morgan fingerprint density at radius 3 is 2.72 bits per heavy atom. The lowest BCUT2D eigenvalue weighted by Crippen LogP contribution is -2.22. The highest BCUT2D eigenvalue weighted by molar-refractivity contribution is 5.58. The molecule has 2 rings (SSSR count). The van der Waals surface area contributed by atoms with Gasteiger partial charge >= 0.3 is 0 Å². The molecule has 0 aliphatic heterocycles. The van der Waals surface area contributed by atoms with Crippen molar-refractivity contribution in [3.05, 3.63) is 11.4 Å². The Kier molecular flexibility index (Phi) is 3.66. The predicted molar refractivity (Wildman–Crippen MR) is 71.8 cm³/mol. The van der Waals surface area contributed by atoms with Crippen molar-refractivity contribution in [1.82, 2.24) is 9.97 Å². The van der Waals surface area contributed by atoms with Crippen LogP contribution in [0.1, 0.15) is 36.6 Å². The predicted octanol–water partition coefficient (Wildman–Crippen LogP) is 2.05. The van der Waals surface area contributed by atoms with E-state index in [1.54, 1.807) is 0 Å². The normalized spacial score (nSPS) is 14.1. The molecule has 5 heteroatoms. The Balaban J connectivity index is 2.32. The Morgan fingerprint density at radius 1 is 1.44 bits per heavy atom. The molecule has 5 nitrogen and oxygen atoms in total. The fourth-order valence-corrected chi connectivity index (χ4v) is 1.98. The van der Waals surface area contributed by atoms with E-state index in [4.69, 9.17) is 5.26 Å². The van der Waals surface area contributed by atoms with E-state index in [0.717, 1.165) is 23.0 Å². The molecule has 0 amide bonds. The summed E-state index contributed by atoms with van der Waals surface area (Å²) in [7, 11) is 3.86. The molecule has 0 saturated heterocycles. The van der Waals surface area contributed by atoms with Crippen LogP contribution in [0.2, 0.25) is 0 Å². The molecule has 1 saturated carbocycles. The third-order valence-corrected chi connectivity index (χ3v) is 3.24. The van der Waals surface area contributed by atoms with Crippen LogP contribution in [0.15, 0.2) is 0 Å². The van der Waals surface area contributed by atoms with Crippen LogP contribution in [-0.4, -0.2) is 30.6 Å². The molecule has 1 aliphatic rings. The summed E-state index contributed by atoms with van der Waals surface area (Å²) in [6.45, 7) is 2.71. The zero-order valence-electron chi connectivity index (χ0n) is 11.2. The van der Waals surface area contributed by atoms with Gasteiger partial charge in [0.05, 0.1) is 12.5 Å². The van der Waals surface area contributed by atoms with Crippen LogP contribution in [-0.2, 0) is 0 Å². The lowest BCUT2D eigenvalue weighted by Gasteiger charge is -2.21. The third kappa shape index (κ3) is 2.53. The topological polar surface area (TPSA) is 64.8 Å². The van der Waals surface area contributed by atoms with Gasteiger partial charge in [-0.2, -0.15) is 5.26 Å². The van der Waals surface area contributed by atoms with E-state index in [1.165, 1.54) is 12.8 Å². The van der Waals surface area contributed by atoms with E-state index < -0.39 is 0 Å². The fraction of sp³-hybridized carbons (Fsp3) is 0.615. The SMILES string of the molecule is CNc1nc(C2CC2)nc(N(C)CCC#N)c1C. The highest BCUT2D eigenvalue weighted by atomic mass is 15.2. The van der Waals surface area contributed by atoms with Crippen molar-refractivity contribution in [3.8, 4) is 6.07 Å². The first kappa shape index (κ1) is 12.6. The molecule has 1 aromatic heterocycles. The van der Waals surface area contributed by atoms with Crippen LogP contribution in [0.25, 0.3) is 0 Å². The van der Waals surface area contributed by atoms with Crippen molar-refractivity contribution < 1.29 is 0 Å². The zero-order chi connectivity index (χ0) is 13.1. The molecule has 0 bridgehead atoms. The van der Waals surface area contributed by atoms with Gasteiger partial charge in [-0.15, -0.1) is 0 Å². The van der Waals surface area contributed by atoms with Gasteiger partial charge in [-0.05, 0) is 19.8 Å². The van der Waals surface area contributed by atoms with Crippen molar-refractivity contribution in [2.45, 2.75) is 32.1 Å². The second-order valence-corrected chi connectivity index (χ2v) is 4.73. The number of rotatable bonds is 5. The molecule has 18 heavy (non-hydrogen) atoms. The molecule has 0 atom stereocenters. The molecule has 1 aromatic rings. The van der Waals surface area contributed by atoms with Crippen molar-refractivity contribution in [2.24, 2.45) is 0 Å². The Labute approximate surface area is 108 Å². The summed E-state index contributed by atoms with van der Waals surface area (Å²) < 4.78 is 0. The molecular weight excluding hydrogens is 226 g/mol. The second-order valence-electron chi connectivity index (χ2n) is 4.73. The van der Waals surface area contributed by atoms with Gasteiger partial charge in [0.2, 0.25) is 0 Å². The minimum absolute atomic E-state index is 0.508. The maximum atomic E-state index is 8.66. The number of hydrogen-bond acceptors (Lipinski definition) is 5. The van der Waals surface area contributed by atoms with E-state index in [2.05, 4.69) is 21.4 Å². The Bertz CT molecular complexity index is 473. The molecule has 0 aromatic carbocycles. The van der Waals surface area contributed by atoms with Crippen molar-refractivity contribution in [2.75, 3.05) is 30.9 Å². The highest BCUT2D eigenvalue weighted by Crippen LogP contribution is 2.39. The van der Waals surface area contributed by atoms with E-state index in [9.17, 15) is 0 Å². The summed E-state index contributed by atoms with van der Waals surface area (Å²) in [5, 5.41) is 11.8. The second kappa shape index (κ2) is 5.21. The summed E-state index contributed by atoms with van der Waals surface area (Å²) in [6, 6.07) is 2.17. The maximum absolute atomic E-state index is 8.66. The molecule has 0 radical (unpaired) electrons. The molecule has 0 spiro atoms. The van der Waals surface area contributed by atoms with Crippen LogP contribution in [0, 0.1) is 18.3 Å². The summed E-state index contributed by atoms with van der Waals surface area (Å²) in [5.41, 5.74) is 1.04. The van der Waals surface area contributed by atoms with Crippen molar-refractivity contribution >= 4 is 11.6 Å². The highest BCUT2D eigenvalue weighted by Gasteiger charge is 2.28. The van der Waals surface area contributed by atoms with Crippen LogP contribution < -0.4 is 10.2 Å². The summed E-state index contributed by atoms with van der Waals surface area (Å²) in [6.07, 6.45) is 2.88. The smallest absolute Gasteiger partial charge is 0.137 e. The van der Waals surface area contributed by atoms with E-state index >= 15 is 0 Å². The lowest BCUT2D eigenvalue weighted by molar-refractivity contribution is 0.842. The number of hydrogen-bond donors (Lipinski definition) is 1. The number of nitrogens with zero attached hydrogens (tertiary/aromatic N) is 4. The summed E-state index contributed by atoms with van der Waals surface area (Å²) in [5.74, 6) is 3.29. The lowest BCUT2D eigenvalue weighted by atomic mass is 10.2. The Hall–Kier alpha value is -1.83. The quantitative estimate of drug-likeness (QED) is 0.860. The van der Waals surface area contributed by atoms with E-state index in [0.29, 0.717) is 18.9 Å². The van der Waals surface area contributed by atoms with Gasteiger partial charge in [0.15, 0.2) is 0 Å². The molecule has 1 aliphatic carbocycles. The third-order valence-electron chi connectivity index (χ3n) is 3.24. The number of aromatic nitrogens is 2. The van der Waals surface area contributed by atoms with Gasteiger partial charge in [-0.1, -0.05) is 0 Å². The minimum Gasteiger partial charge on any atom is -0.373 e. The Morgan fingerprint density at radius 2 is 2.17 bits per heavy atom. The van der Waals surface area contributed by atoms with Gasteiger partial charge < -0.3 is 10.2 Å². The van der Waals surface area contributed by atoms with Crippen LogP contribution in [0.3, 0.4) is 0 Å². The first-order valence-electron chi connectivity index (χ1n) is 6.31. The number of anilines is 2. The van der Waals surface area contributed by atoms with Crippen LogP contribution in [0.5, 0.6) is 0 Å². The van der Waals surface area contributed by atoms with Gasteiger partial charge in [0.25, 0.3) is 0 Å². The first-order valence-corrected chi connectivity index (χ1v) is 6.31. The van der Waals surface area contributed by atoms with Crippen molar-refractivity contribution in [1.29, 1.82) is 5.26 Å². The fourth-order valence-electron chi connectivity index (χ4n) is 1.98. The zero-order valence-corrected chi connectivity index (χ0v) is 11.2. The van der Waals surface area contributed by atoms with Gasteiger partial charge in [-0.3, -0.25) is 0 Å². The summed E-state index contributed by atoms with van der Waals surface area (Å²) in [4.78, 5) is 11.3. The number of nitriles is 1. The largest absolute Gasteiger partial charge is 0.373 e. The van der Waals surface area contributed by atoms with Gasteiger partial charge in [-0.25, -0.2) is 9.97 Å².